The SMILES string of the molecule is COC(=O)c1ccccc1NC(=O)CSC1=C(C#N)[C@H](c2ccco2)C(C(=O)Nc2ccc(S(N)(=O)=O)cc2)=C(C)N1. The number of carbonyl (C=O) groups is 3. The average molecular weight is 608 g/mol. The van der Waals surface area contributed by atoms with Gasteiger partial charge in [0.25, 0.3) is 5.91 Å². The number of allylic oxidation sites excluding steroid dienone is 2. The number of sulfonamides is 1. The average Bonchev–Trinajstić information content (AvgIpc) is 3.50. The van der Waals surface area contributed by atoms with E-state index in [4.69, 9.17) is 14.3 Å². The van der Waals surface area contributed by atoms with Crippen LogP contribution in [-0.4, -0.2) is 39.1 Å². The number of nitrogens with zero attached hydrogens (tertiary/aromatic N) is 1. The minimum Gasteiger partial charge on any atom is -0.468 e. The predicted molar refractivity (Wildman–Crippen MR) is 155 cm³/mol. The fourth-order valence-corrected chi connectivity index (χ4v) is 5.61. The van der Waals surface area contributed by atoms with E-state index in [1.807, 2.05) is 0 Å². The van der Waals surface area contributed by atoms with Crippen molar-refractivity contribution in [1.82, 2.24) is 5.32 Å². The van der Waals surface area contributed by atoms with Crippen LogP contribution < -0.4 is 21.1 Å². The number of nitrogens with one attached hydrogen (secondary N) is 3. The van der Waals surface area contributed by atoms with Crippen LogP contribution in [0.5, 0.6) is 0 Å². The van der Waals surface area contributed by atoms with Crippen LogP contribution in [0.3, 0.4) is 0 Å². The molecule has 0 fully saturated rings. The lowest BCUT2D eigenvalue weighted by atomic mass is 9.85. The number of nitrogens with two attached hydrogens (primary N) is 1. The van der Waals surface area contributed by atoms with Gasteiger partial charge >= 0.3 is 5.97 Å². The summed E-state index contributed by atoms with van der Waals surface area (Å²) in [7, 11) is -2.67. The van der Waals surface area contributed by atoms with E-state index in [0.717, 1.165) is 11.8 Å². The number of ether oxygens (including phenoxy) is 1. The number of furan rings is 1. The van der Waals surface area contributed by atoms with Crippen LogP contribution >= 0.6 is 11.8 Å². The third-order valence-electron chi connectivity index (χ3n) is 6.11. The van der Waals surface area contributed by atoms with Crippen molar-refractivity contribution in [3.05, 3.63) is 100 Å². The highest BCUT2D eigenvalue weighted by Crippen LogP contribution is 2.41. The summed E-state index contributed by atoms with van der Waals surface area (Å²) >= 11 is 1.05. The molecule has 1 atom stereocenters. The van der Waals surface area contributed by atoms with Crippen LogP contribution in [0.15, 0.2) is 98.1 Å². The van der Waals surface area contributed by atoms with Gasteiger partial charge in [0.2, 0.25) is 15.9 Å². The van der Waals surface area contributed by atoms with Crippen LogP contribution in [-0.2, 0) is 24.3 Å². The Morgan fingerprint density at radius 3 is 2.43 bits per heavy atom. The number of benzene rings is 2. The predicted octanol–water partition coefficient (Wildman–Crippen LogP) is 3.42. The number of hydrogen-bond acceptors (Lipinski definition) is 10. The topological polar surface area (TPSA) is 194 Å². The first-order chi connectivity index (χ1) is 20.0. The summed E-state index contributed by atoms with van der Waals surface area (Å²) in [4.78, 5) is 38.2. The number of hydrogen-bond donors (Lipinski definition) is 4. The van der Waals surface area contributed by atoms with Crippen molar-refractivity contribution in [2.24, 2.45) is 5.14 Å². The zero-order valence-electron chi connectivity index (χ0n) is 22.3. The molecule has 216 valence electrons. The summed E-state index contributed by atoms with van der Waals surface area (Å²) in [6.07, 6.45) is 1.42. The quantitative estimate of drug-likeness (QED) is 0.262. The van der Waals surface area contributed by atoms with Crippen molar-refractivity contribution in [3.63, 3.8) is 0 Å². The molecule has 0 saturated carbocycles. The van der Waals surface area contributed by atoms with Crippen molar-refractivity contribution in [1.29, 1.82) is 5.26 Å². The maximum Gasteiger partial charge on any atom is 0.339 e. The summed E-state index contributed by atoms with van der Waals surface area (Å²) in [6.45, 7) is 1.65. The van der Waals surface area contributed by atoms with E-state index in [0.29, 0.717) is 22.2 Å². The zero-order valence-corrected chi connectivity index (χ0v) is 24.0. The molecule has 0 unspecified atom stereocenters. The summed E-state index contributed by atoms with van der Waals surface area (Å²) in [6, 6.07) is 17.1. The number of dihydropyridines is 1. The van der Waals surface area contributed by atoms with E-state index in [-0.39, 0.29) is 33.0 Å². The number of amides is 2. The molecule has 0 saturated heterocycles. The van der Waals surface area contributed by atoms with Gasteiger partial charge in [0.05, 0.1) is 63.4 Å². The molecule has 4 rings (SSSR count). The Kier molecular flexibility index (Phi) is 9.16. The molecule has 3 aromatic rings. The lowest BCUT2D eigenvalue weighted by molar-refractivity contribution is -0.114. The van der Waals surface area contributed by atoms with Gasteiger partial charge < -0.3 is 25.1 Å². The number of nitriles is 1. The highest BCUT2D eigenvalue weighted by atomic mass is 32.2. The smallest absolute Gasteiger partial charge is 0.339 e. The fraction of sp³-hybridized carbons (Fsp3) is 0.143. The molecule has 0 radical (unpaired) electrons. The number of primary sulfonamides is 1. The first-order valence-electron chi connectivity index (χ1n) is 12.2. The first-order valence-corrected chi connectivity index (χ1v) is 14.8. The van der Waals surface area contributed by atoms with Crippen LogP contribution in [0.25, 0.3) is 0 Å². The summed E-state index contributed by atoms with van der Waals surface area (Å²) < 4.78 is 33.5. The Balaban J connectivity index is 1.57. The monoisotopic (exact) mass is 607 g/mol. The van der Waals surface area contributed by atoms with Crippen molar-refractivity contribution in [2.45, 2.75) is 17.7 Å². The van der Waals surface area contributed by atoms with E-state index in [2.05, 4.69) is 22.0 Å². The van der Waals surface area contributed by atoms with Gasteiger partial charge in [-0.25, -0.2) is 18.4 Å². The normalized spacial score (nSPS) is 15.0. The number of carbonyl (C=O) groups excluding carboxylic acids is 3. The highest BCUT2D eigenvalue weighted by Gasteiger charge is 2.36. The van der Waals surface area contributed by atoms with Crippen LogP contribution in [0.2, 0.25) is 0 Å². The lowest BCUT2D eigenvalue weighted by Crippen LogP contribution is -2.31. The maximum atomic E-state index is 13.5. The van der Waals surface area contributed by atoms with Gasteiger partial charge in [-0.2, -0.15) is 5.26 Å². The van der Waals surface area contributed by atoms with Gasteiger partial charge in [-0.05, 0) is 55.5 Å². The molecule has 0 bridgehead atoms. The number of rotatable bonds is 9. The number of esters is 1. The standard InChI is InChI=1S/C28H25N5O7S2/c1-16-24(26(35)32-17-9-11-18(12-10-17)42(30,37)38)25(22-8-5-13-40-22)20(14-29)27(31-16)41-15-23(34)33-21-7-4-3-6-19(21)28(36)39-2/h3-13,25,31H,15H2,1-2H3,(H,32,35)(H,33,34)(H2,30,37,38)/t25-/m1/s1. The molecule has 12 nitrogen and oxygen atoms in total. The Labute approximate surface area is 245 Å². The second-order valence-corrected chi connectivity index (χ2v) is 11.4. The molecule has 2 heterocycles. The maximum absolute atomic E-state index is 13.5. The molecule has 1 aliphatic heterocycles. The zero-order chi connectivity index (χ0) is 30.4. The van der Waals surface area contributed by atoms with E-state index < -0.39 is 33.7 Å². The molecule has 42 heavy (non-hydrogen) atoms. The molecule has 1 aliphatic rings. The molecular formula is C28H25N5O7S2. The van der Waals surface area contributed by atoms with Gasteiger partial charge in [-0.1, -0.05) is 23.9 Å². The Bertz CT molecular complexity index is 1740. The molecule has 5 N–H and O–H groups in total. The number of anilines is 2. The van der Waals surface area contributed by atoms with Crippen LogP contribution in [0, 0.1) is 11.3 Å². The molecule has 14 heteroatoms. The highest BCUT2D eigenvalue weighted by molar-refractivity contribution is 8.03. The molecule has 2 amide bonds. The summed E-state index contributed by atoms with van der Waals surface area (Å²) in [5, 5.41) is 24.1. The van der Waals surface area contributed by atoms with E-state index >= 15 is 0 Å². The molecule has 1 aromatic heterocycles. The van der Waals surface area contributed by atoms with Gasteiger partial charge in [-0.3, -0.25) is 9.59 Å². The minimum atomic E-state index is -3.91. The third kappa shape index (κ3) is 6.72. The Morgan fingerprint density at radius 2 is 1.81 bits per heavy atom. The Morgan fingerprint density at radius 1 is 1.10 bits per heavy atom. The molecule has 2 aromatic carbocycles. The summed E-state index contributed by atoms with van der Waals surface area (Å²) in [5.41, 5.74) is 1.53. The minimum absolute atomic E-state index is 0.113. The van der Waals surface area contributed by atoms with Crippen molar-refractivity contribution < 1.29 is 32.0 Å². The van der Waals surface area contributed by atoms with Gasteiger partial charge in [0.15, 0.2) is 0 Å². The first kappa shape index (κ1) is 30.1. The van der Waals surface area contributed by atoms with Crippen LogP contribution in [0.4, 0.5) is 11.4 Å². The molecule has 0 aliphatic carbocycles. The molecular weight excluding hydrogens is 582 g/mol. The third-order valence-corrected chi connectivity index (χ3v) is 8.06. The van der Waals surface area contributed by atoms with Crippen molar-refractivity contribution in [2.75, 3.05) is 23.5 Å². The van der Waals surface area contributed by atoms with E-state index in [1.54, 1.807) is 37.3 Å². The summed E-state index contributed by atoms with van der Waals surface area (Å²) in [5.74, 6) is -2.30. The molecule has 0 spiro atoms. The number of thioether (sulfide) groups is 1. The fourth-order valence-electron chi connectivity index (χ4n) is 4.20. The Hall–Kier alpha value is -4.84. The second-order valence-electron chi connectivity index (χ2n) is 8.86. The van der Waals surface area contributed by atoms with E-state index in [1.165, 1.54) is 43.7 Å². The van der Waals surface area contributed by atoms with Gasteiger partial charge in [0.1, 0.15) is 5.76 Å². The lowest BCUT2D eigenvalue weighted by Gasteiger charge is -2.28. The largest absolute Gasteiger partial charge is 0.468 e. The number of para-hydroxylation sites is 1. The van der Waals surface area contributed by atoms with Gasteiger partial charge in [0, 0.05) is 11.4 Å². The van der Waals surface area contributed by atoms with Gasteiger partial charge in [-0.15, -0.1) is 0 Å². The van der Waals surface area contributed by atoms with Crippen molar-refractivity contribution in [3.8, 4) is 6.07 Å². The van der Waals surface area contributed by atoms with Crippen molar-refractivity contribution >= 4 is 50.9 Å². The van der Waals surface area contributed by atoms with Crippen LogP contribution in [0.1, 0.15) is 29.0 Å². The second kappa shape index (κ2) is 12.8. The number of methoxy groups -OCH3 is 1. The van der Waals surface area contributed by atoms with E-state index in [9.17, 15) is 28.1 Å².